The molecule has 3 nitrogen and oxygen atoms in total. The van der Waals surface area contributed by atoms with Crippen LogP contribution < -0.4 is 0 Å². The zero-order valence-electron chi connectivity index (χ0n) is 10.4. The van der Waals surface area contributed by atoms with Crippen LogP contribution >= 0.6 is 39.1 Å². The van der Waals surface area contributed by atoms with Gasteiger partial charge in [-0.15, -0.1) is 0 Å². The van der Waals surface area contributed by atoms with Gasteiger partial charge in [0.2, 0.25) is 10.0 Å². The average molecular weight is 387 g/mol. The lowest BCUT2D eigenvalue weighted by Crippen LogP contribution is -2.34. The summed E-state index contributed by atoms with van der Waals surface area (Å²) in [6.07, 6.45) is 3.35. The molecule has 1 aliphatic rings. The number of halogens is 3. The Morgan fingerprint density at radius 3 is 2.26 bits per heavy atom. The first-order chi connectivity index (χ1) is 8.82. The van der Waals surface area contributed by atoms with E-state index in [1.165, 1.54) is 22.9 Å². The van der Waals surface area contributed by atoms with Gasteiger partial charge in [-0.1, -0.05) is 45.6 Å². The van der Waals surface area contributed by atoms with Crippen LogP contribution in [0.1, 0.15) is 19.3 Å². The number of nitrogens with zero attached hydrogens (tertiary/aromatic N) is 1. The van der Waals surface area contributed by atoms with Gasteiger partial charge in [-0.2, -0.15) is 0 Å². The van der Waals surface area contributed by atoms with Crippen molar-refractivity contribution in [3.63, 3.8) is 0 Å². The zero-order chi connectivity index (χ0) is 14.2. The molecule has 0 spiro atoms. The van der Waals surface area contributed by atoms with Crippen LogP contribution in [0.2, 0.25) is 10.0 Å². The lowest BCUT2D eigenvalue weighted by atomic mass is 9.86. The van der Waals surface area contributed by atoms with E-state index in [-0.39, 0.29) is 14.9 Å². The van der Waals surface area contributed by atoms with Crippen LogP contribution in [0.5, 0.6) is 0 Å². The first kappa shape index (κ1) is 15.6. The van der Waals surface area contributed by atoms with Gasteiger partial charge in [0, 0.05) is 18.1 Å². The fourth-order valence-corrected chi connectivity index (χ4v) is 5.19. The van der Waals surface area contributed by atoms with Crippen molar-refractivity contribution in [2.45, 2.75) is 24.2 Å². The van der Waals surface area contributed by atoms with E-state index in [0.29, 0.717) is 16.9 Å². The van der Waals surface area contributed by atoms with Crippen molar-refractivity contribution >= 4 is 49.2 Å². The highest BCUT2D eigenvalue weighted by atomic mass is 79.9. The monoisotopic (exact) mass is 385 g/mol. The summed E-state index contributed by atoms with van der Waals surface area (Å²) in [5.41, 5.74) is 0. The molecule has 7 heteroatoms. The van der Waals surface area contributed by atoms with Gasteiger partial charge in [-0.05, 0) is 30.9 Å². The molecule has 1 saturated carbocycles. The SMILES string of the molecule is CN(CC1CCC1)S(=O)(=O)c1c(Cl)cc(Br)cc1Cl. The van der Waals surface area contributed by atoms with Crippen molar-refractivity contribution in [2.75, 3.05) is 13.6 Å². The summed E-state index contributed by atoms with van der Waals surface area (Å²) in [6.45, 7) is 0.519. The van der Waals surface area contributed by atoms with Crippen LogP contribution in [0.4, 0.5) is 0 Å². The number of hydrogen-bond donors (Lipinski definition) is 0. The summed E-state index contributed by atoms with van der Waals surface area (Å²) in [5, 5.41) is 0.277. The Bertz CT molecular complexity index is 564. The molecule has 0 saturated heterocycles. The number of sulfonamides is 1. The van der Waals surface area contributed by atoms with Gasteiger partial charge in [-0.3, -0.25) is 0 Å². The maximum absolute atomic E-state index is 12.5. The fourth-order valence-electron chi connectivity index (χ4n) is 2.07. The summed E-state index contributed by atoms with van der Waals surface area (Å²) in [5.74, 6) is 0.452. The van der Waals surface area contributed by atoms with Crippen LogP contribution in [0.25, 0.3) is 0 Å². The molecule has 0 atom stereocenters. The molecule has 1 aliphatic carbocycles. The van der Waals surface area contributed by atoms with E-state index in [9.17, 15) is 8.42 Å². The van der Waals surface area contributed by atoms with Crippen LogP contribution in [0.3, 0.4) is 0 Å². The van der Waals surface area contributed by atoms with Gasteiger partial charge in [0.1, 0.15) is 4.90 Å². The summed E-state index contributed by atoms with van der Waals surface area (Å²) < 4.78 is 27.0. The molecular weight excluding hydrogens is 373 g/mol. The number of hydrogen-bond acceptors (Lipinski definition) is 2. The predicted molar refractivity (Wildman–Crippen MR) is 81.3 cm³/mol. The van der Waals surface area contributed by atoms with Crippen molar-refractivity contribution in [1.82, 2.24) is 4.31 Å². The molecule has 0 unspecified atom stereocenters. The Kier molecular flexibility index (Phi) is 4.83. The van der Waals surface area contributed by atoms with Crippen LogP contribution in [-0.2, 0) is 10.0 Å². The molecule has 0 aromatic heterocycles. The largest absolute Gasteiger partial charge is 0.245 e. The smallest absolute Gasteiger partial charge is 0.207 e. The third-order valence-corrected chi connectivity index (χ3v) is 6.57. The minimum Gasteiger partial charge on any atom is -0.207 e. The van der Waals surface area contributed by atoms with Gasteiger partial charge < -0.3 is 0 Å². The first-order valence-corrected chi connectivity index (χ1v) is 8.92. The third kappa shape index (κ3) is 3.27. The normalized spacial score (nSPS) is 16.7. The number of benzene rings is 1. The van der Waals surface area contributed by atoms with E-state index in [1.54, 1.807) is 7.05 Å². The van der Waals surface area contributed by atoms with E-state index in [2.05, 4.69) is 15.9 Å². The molecule has 2 rings (SSSR count). The summed E-state index contributed by atoms with van der Waals surface area (Å²) >= 11 is 15.3. The van der Waals surface area contributed by atoms with E-state index >= 15 is 0 Å². The van der Waals surface area contributed by atoms with E-state index < -0.39 is 10.0 Å². The predicted octanol–water partition coefficient (Wildman–Crippen LogP) is 4.18. The molecule has 1 aromatic carbocycles. The molecule has 106 valence electrons. The van der Waals surface area contributed by atoms with E-state index in [4.69, 9.17) is 23.2 Å². The molecule has 0 radical (unpaired) electrons. The first-order valence-electron chi connectivity index (χ1n) is 5.93. The molecular formula is C12H14BrCl2NO2S. The van der Waals surface area contributed by atoms with Crippen molar-refractivity contribution in [1.29, 1.82) is 0 Å². The van der Waals surface area contributed by atoms with Gasteiger partial charge >= 0.3 is 0 Å². The van der Waals surface area contributed by atoms with Crippen molar-refractivity contribution in [2.24, 2.45) is 5.92 Å². The quantitative estimate of drug-likeness (QED) is 0.778. The fraction of sp³-hybridized carbons (Fsp3) is 0.500. The highest BCUT2D eigenvalue weighted by Gasteiger charge is 2.30. The van der Waals surface area contributed by atoms with Crippen LogP contribution in [0, 0.1) is 5.92 Å². The Balaban J connectivity index is 2.33. The van der Waals surface area contributed by atoms with E-state index in [1.807, 2.05) is 0 Å². The Morgan fingerprint density at radius 1 is 1.32 bits per heavy atom. The molecule has 19 heavy (non-hydrogen) atoms. The highest BCUT2D eigenvalue weighted by molar-refractivity contribution is 9.10. The van der Waals surface area contributed by atoms with E-state index in [0.717, 1.165) is 12.8 Å². The van der Waals surface area contributed by atoms with Gasteiger partial charge in [0.15, 0.2) is 0 Å². The molecule has 1 fully saturated rings. The second-order valence-electron chi connectivity index (χ2n) is 4.78. The zero-order valence-corrected chi connectivity index (χ0v) is 14.3. The van der Waals surface area contributed by atoms with Gasteiger partial charge in [0.25, 0.3) is 0 Å². The Labute approximate surface area is 132 Å². The topological polar surface area (TPSA) is 37.4 Å². The molecule has 0 bridgehead atoms. The van der Waals surface area contributed by atoms with Crippen molar-refractivity contribution < 1.29 is 8.42 Å². The second kappa shape index (κ2) is 5.90. The lowest BCUT2D eigenvalue weighted by molar-refractivity contribution is 0.263. The minimum atomic E-state index is -3.64. The second-order valence-corrected chi connectivity index (χ2v) is 8.49. The number of rotatable bonds is 4. The molecule has 0 aliphatic heterocycles. The minimum absolute atomic E-state index is 0.0131. The van der Waals surface area contributed by atoms with Crippen molar-refractivity contribution in [3.8, 4) is 0 Å². The molecule has 0 amide bonds. The molecule has 1 aromatic rings. The van der Waals surface area contributed by atoms with Gasteiger partial charge in [0.05, 0.1) is 10.0 Å². The molecule has 0 N–H and O–H groups in total. The average Bonchev–Trinajstić information content (AvgIpc) is 2.20. The highest BCUT2D eigenvalue weighted by Crippen LogP contribution is 2.35. The van der Waals surface area contributed by atoms with Crippen molar-refractivity contribution in [3.05, 3.63) is 26.7 Å². The third-order valence-electron chi connectivity index (χ3n) is 3.37. The summed E-state index contributed by atoms with van der Waals surface area (Å²) in [6, 6.07) is 3.08. The summed E-state index contributed by atoms with van der Waals surface area (Å²) in [4.78, 5) is -0.0131. The Morgan fingerprint density at radius 2 is 1.84 bits per heavy atom. The Hall–Kier alpha value is 0.190. The summed E-state index contributed by atoms with van der Waals surface area (Å²) in [7, 11) is -2.07. The maximum atomic E-state index is 12.5. The van der Waals surface area contributed by atoms with Crippen LogP contribution in [0.15, 0.2) is 21.5 Å². The van der Waals surface area contributed by atoms with Crippen LogP contribution in [-0.4, -0.2) is 26.3 Å². The van der Waals surface area contributed by atoms with Gasteiger partial charge in [-0.25, -0.2) is 12.7 Å². The molecule has 0 heterocycles. The standard InChI is InChI=1S/C12H14BrCl2NO2S/c1-16(7-8-3-2-4-8)19(17,18)12-10(14)5-9(13)6-11(12)15/h5-6,8H,2-4,7H2,1H3. The lowest BCUT2D eigenvalue weighted by Gasteiger charge is -2.30. The maximum Gasteiger partial charge on any atom is 0.245 e.